The second kappa shape index (κ2) is 8.23. The smallest absolute Gasteiger partial charge is 0.295 e. The van der Waals surface area contributed by atoms with Crippen LogP contribution in [0.1, 0.15) is 17.5 Å². The van der Waals surface area contributed by atoms with Gasteiger partial charge >= 0.3 is 0 Å². The number of carbonyl (C=O) groups is 1. The predicted octanol–water partition coefficient (Wildman–Crippen LogP) is 4.98. The lowest BCUT2D eigenvalue weighted by molar-refractivity contribution is 0.0961. The van der Waals surface area contributed by atoms with Crippen molar-refractivity contribution in [2.45, 2.75) is 13.5 Å². The molecule has 0 saturated heterocycles. The van der Waals surface area contributed by atoms with Crippen molar-refractivity contribution < 1.29 is 13.9 Å². The quantitative estimate of drug-likeness (QED) is 0.362. The van der Waals surface area contributed by atoms with E-state index in [2.05, 4.69) is 10.1 Å². The summed E-state index contributed by atoms with van der Waals surface area (Å²) in [6.07, 6.45) is 3.59. The standard InChI is InChI=1S/C23H20N4O3S/c1-2-29-18-9-5-7-16-15-19(30-21(16)18)22(28)27(14-13-26-12-6-11-24-26)23-25-17-8-3-4-10-20(17)31-23/h3-12,15H,2,13-14H2,1H3. The Labute approximate surface area is 182 Å². The van der Waals surface area contributed by atoms with Crippen LogP contribution >= 0.6 is 11.3 Å². The summed E-state index contributed by atoms with van der Waals surface area (Å²) in [6.45, 7) is 3.39. The number of hydrogen-bond donors (Lipinski definition) is 0. The molecule has 3 heterocycles. The number of thiazole rings is 1. The summed E-state index contributed by atoms with van der Waals surface area (Å²) < 4.78 is 14.4. The summed E-state index contributed by atoms with van der Waals surface area (Å²) in [5.74, 6) is 0.633. The molecular formula is C23H20N4O3S. The molecule has 0 fully saturated rings. The second-order valence-corrected chi connectivity index (χ2v) is 7.92. The molecule has 8 heteroatoms. The molecule has 5 rings (SSSR count). The number of aromatic nitrogens is 3. The molecule has 0 radical (unpaired) electrons. The Morgan fingerprint density at radius 1 is 1.19 bits per heavy atom. The summed E-state index contributed by atoms with van der Waals surface area (Å²) in [4.78, 5) is 19.9. The van der Waals surface area contributed by atoms with Crippen molar-refractivity contribution in [3.63, 3.8) is 0 Å². The van der Waals surface area contributed by atoms with Crippen molar-refractivity contribution in [1.29, 1.82) is 0 Å². The van der Waals surface area contributed by atoms with Crippen LogP contribution in [0.5, 0.6) is 5.75 Å². The maximum absolute atomic E-state index is 13.5. The Hall–Kier alpha value is -3.65. The average molecular weight is 433 g/mol. The molecule has 5 aromatic rings. The number of carbonyl (C=O) groups excluding carboxylic acids is 1. The minimum atomic E-state index is -0.245. The van der Waals surface area contributed by atoms with E-state index in [1.165, 1.54) is 11.3 Å². The highest BCUT2D eigenvalue weighted by Gasteiger charge is 2.25. The van der Waals surface area contributed by atoms with Crippen molar-refractivity contribution >= 4 is 43.6 Å². The van der Waals surface area contributed by atoms with Gasteiger partial charge in [0.15, 0.2) is 22.2 Å². The molecule has 31 heavy (non-hydrogen) atoms. The number of anilines is 1. The van der Waals surface area contributed by atoms with Gasteiger partial charge in [-0.15, -0.1) is 0 Å². The second-order valence-electron chi connectivity index (χ2n) is 6.91. The normalized spacial score (nSPS) is 11.3. The molecule has 7 nitrogen and oxygen atoms in total. The third-order valence-corrected chi connectivity index (χ3v) is 5.95. The zero-order valence-electron chi connectivity index (χ0n) is 16.9. The first kappa shape index (κ1) is 19.3. The minimum absolute atomic E-state index is 0.245. The van der Waals surface area contributed by atoms with Gasteiger partial charge in [0.1, 0.15) is 0 Å². The van der Waals surface area contributed by atoms with Gasteiger partial charge in [-0.3, -0.25) is 14.4 Å². The van der Waals surface area contributed by atoms with E-state index in [1.807, 2.05) is 61.7 Å². The van der Waals surface area contributed by atoms with Gasteiger partial charge < -0.3 is 9.15 Å². The molecule has 0 aliphatic carbocycles. The van der Waals surface area contributed by atoms with Crippen molar-refractivity contribution in [2.75, 3.05) is 18.1 Å². The van der Waals surface area contributed by atoms with Crippen LogP contribution in [0.3, 0.4) is 0 Å². The van der Waals surface area contributed by atoms with Gasteiger partial charge in [-0.25, -0.2) is 4.98 Å². The van der Waals surface area contributed by atoms with Crippen LogP contribution in [-0.4, -0.2) is 33.8 Å². The molecule has 0 atom stereocenters. The number of amides is 1. The number of nitrogens with zero attached hydrogens (tertiary/aromatic N) is 4. The highest BCUT2D eigenvalue weighted by Crippen LogP contribution is 2.32. The largest absolute Gasteiger partial charge is 0.490 e. The first-order valence-electron chi connectivity index (χ1n) is 10.0. The van der Waals surface area contributed by atoms with E-state index < -0.39 is 0 Å². The van der Waals surface area contributed by atoms with E-state index >= 15 is 0 Å². The molecule has 2 aromatic carbocycles. The van der Waals surface area contributed by atoms with Crippen LogP contribution in [-0.2, 0) is 6.54 Å². The fourth-order valence-corrected chi connectivity index (χ4v) is 4.43. The zero-order chi connectivity index (χ0) is 21.2. The monoisotopic (exact) mass is 432 g/mol. The van der Waals surface area contributed by atoms with Crippen molar-refractivity contribution in [2.24, 2.45) is 0 Å². The lowest BCUT2D eigenvalue weighted by Crippen LogP contribution is -2.33. The molecule has 0 unspecified atom stereocenters. The Kier molecular flexibility index (Phi) is 5.13. The number of benzene rings is 2. The molecule has 0 aliphatic heterocycles. The van der Waals surface area contributed by atoms with Gasteiger partial charge in [-0.1, -0.05) is 35.6 Å². The predicted molar refractivity (Wildman–Crippen MR) is 121 cm³/mol. The van der Waals surface area contributed by atoms with E-state index in [9.17, 15) is 4.79 Å². The van der Waals surface area contributed by atoms with Crippen LogP contribution in [0, 0.1) is 0 Å². The van der Waals surface area contributed by atoms with E-state index in [0.29, 0.717) is 36.2 Å². The van der Waals surface area contributed by atoms with E-state index in [0.717, 1.165) is 15.6 Å². The maximum Gasteiger partial charge on any atom is 0.295 e. The molecule has 0 saturated carbocycles. The number of rotatable bonds is 7. The topological polar surface area (TPSA) is 73.4 Å². The number of ether oxygens (including phenoxy) is 1. The number of hydrogen-bond acceptors (Lipinski definition) is 6. The number of para-hydroxylation sites is 2. The van der Waals surface area contributed by atoms with Crippen LogP contribution < -0.4 is 9.64 Å². The molecule has 0 spiro atoms. The van der Waals surface area contributed by atoms with Crippen molar-refractivity contribution in [1.82, 2.24) is 14.8 Å². The Morgan fingerprint density at radius 2 is 2.10 bits per heavy atom. The van der Waals surface area contributed by atoms with Gasteiger partial charge in [0.05, 0.1) is 23.4 Å². The Bertz CT molecular complexity index is 1310. The minimum Gasteiger partial charge on any atom is -0.490 e. The maximum atomic E-state index is 13.5. The molecule has 0 aliphatic rings. The molecule has 1 amide bonds. The van der Waals surface area contributed by atoms with Crippen molar-refractivity contribution in [3.8, 4) is 5.75 Å². The fraction of sp³-hybridized carbons (Fsp3) is 0.174. The average Bonchev–Trinajstić information content (AvgIpc) is 3.53. The Morgan fingerprint density at radius 3 is 2.90 bits per heavy atom. The third kappa shape index (κ3) is 3.77. The Balaban J connectivity index is 1.52. The summed E-state index contributed by atoms with van der Waals surface area (Å²) in [5, 5.41) is 5.70. The zero-order valence-corrected chi connectivity index (χ0v) is 17.7. The van der Waals surface area contributed by atoms with Crippen LogP contribution in [0.25, 0.3) is 21.2 Å². The van der Waals surface area contributed by atoms with Gasteiger partial charge in [0.25, 0.3) is 5.91 Å². The summed E-state index contributed by atoms with van der Waals surface area (Å²) >= 11 is 1.48. The number of fused-ring (bicyclic) bond motifs is 2. The fourth-order valence-electron chi connectivity index (χ4n) is 3.44. The van der Waals surface area contributed by atoms with Gasteiger partial charge in [0.2, 0.25) is 0 Å². The number of furan rings is 1. The van der Waals surface area contributed by atoms with E-state index in [4.69, 9.17) is 9.15 Å². The highest BCUT2D eigenvalue weighted by atomic mass is 32.1. The van der Waals surface area contributed by atoms with Gasteiger partial charge in [0, 0.05) is 24.3 Å². The van der Waals surface area contributed by atoms with Gasteiger partial charge in [-0.2, -0.15) is 5.10 Å². The molecule has 0 bridgehead atoms. The highest BCUT2D eigenvalue weighted by molar-refractivity contribution is 7.22. The summed E-state index contributed by atoms with van der Waals surface area (Å²) in [5.41, 5.74) is 1.44. The third-order valence-electron chi connectivity index (χ3n) is 4.89. The SMILES string of the molecule is CCOc1cccc2cc(C(=O)N(CCn3cccn3)c3nc4ccccc4s3)oc12. The van der Waals surface area contributed by atoms with E-state index in [-0.39, 0.29) is 11.7 Å². The van der Waals surface area contributed by atoms with E-state index in [1.54, 1.807) is 21.8 Å². The lowest BCUT2D eigenvalue weighted by atomic mass is 10.2. The molecule has 156 valence electrons. The van der Waals surface area contributed by atoms with Crippen LogP contribution in [0.2, 0.25) is 0 Å². The molecule has 3 aromatic heterocycles. The van der Waals surface area contributed by atoms with Crippen molar-refractivity contribution in [3.05, 3.63) is 72.8 Å². The molecular weight excluding hydrogens is 412 g/mol. The van der Waals surface area contributed by atoms with Crippen LogP contribution in [0.4, 0.5) is 5.13 Å². The summed E-state index contributed by atoms with van der Waals surface area (Å²) in [6, 6.07) is 17.1. The van der Waals surface area contributed by atoms with Gasteiger partial charge in [-0.05, 0) is 37.3 Å². The molecule has 0 N–H and O–H groups in total. The first-order chi connectivity index (χ1) is 15.2. The lowest BCUT2D eigenvalue weighted by Gasteiger charge is -2.18. The first-order valence-corrected chi connectivity index (χ1v) is 10.8. The van der Waals surface area contributed by atoms with Crippen LogP contribution in [0.15, 0.2) is 71.4 Å². The summed E-state index contributed by atoms with van der Waals surface area (Å²) in [7, 11) is 0.